The minimum Gasteiger partial charge on any atom is -0.349 e. The van der Waals surface area contributed by atoms with Gasteiger partial charge in [0.2, 0.25) is 5.82 Å². The molecule has 1 N–H and O–H groups in total. The van der Waals surface area contributed by atoms with Crippen molar-refractivity contribution < 1.29 is 4.79 Å². The summed E-state index contributed by atoms with van der Waals surface area (Å²) in [6, 6.07) is 17.4. The molecule has 0 atom stereocenters. The molecule has 24 heavy (non-hydrogen) atoms. The summed E-state index contributed by atoms with van der Waals surface area (Å²) in [6.45, 7) is 2.61. The average molecular weight is 385 g/mol. The zero-order valence-corrected chi connectivity index (χ0v) is 14.8. The number of hydrogen-bond donors (Lipinski definition) is 1. The summed E-state index contributed by atoms with van der Waals surface area (Å²) >= 11 is 3.43. The maximum absolute atomic E-state index is 12.2. The second-order valence-electron chi connectivity index (χ2n) is 5.27. The molecule has 0 aliphatic carbocycles. The van der Waals surface area contributed by atoms with E-state index in [-0.39, 0.29) is 11.7 Å². The lowest BCUT2D eigenvalue weighted by Crippen LogP contribution is -2.25. The number of hydrogen-bond acceptors (Lipinski definition) is 3. The van der Waals surface area contributed by atoms with Crippen LogP contribution >= 0.6 is 15.9 Å². The molecule has 0 aliphatic heterocycles. The molecule has 6 heteroatoms. The lowest BCUT2D eigenvalue weighted by molar-refractivity contribution is 0.0943. The van der Waals surface area contributed by atoms with E-state index in [1.54, 1.807) is 4.68 Å². The highest BCUT2D eigenvalue weighted by Crippen LogP contribution is 2.22. The van der Waals surface area contributed by atoms with Crippen LogP contribution in [0.1, 0.15) is 24.0 Å². The number of benzene rings is 2. The second kappa shape index (κ2) is 7.40. The summed E-state index contributed by atoms with van der Waals surface area (Å²) in [7, 11) is 0. The number of rotatable bonds is 5. The molecule has 0 saturated carbocycles. The van der Waals surface area contributed by atoms with Gasteiger partial charge in [0, 0.05) is 16.6 Å². The van der Waals surface area contributed by atoms with Crippen LogP contribution in [0.5, 0.6) is 0 Å². The molecule has 0 radical (unpaired) electrons. The fourth-order valence-electron chi connectivity index (χ4n) is 2.26. The van der Waals surface area contributed by atoms with Gasteiger partial charge in [-0.05, 0) is 30.7 Å². The van der Waals surface area contributed by atoms with Crippen molar-refractivity contribution >= 4 is 21.8 Å². The Bertz CT molecular complexity index is 828. The Morgan fingerprint density at radius 1 is 1.12 bits per heavy atom. The van der Waals surface area contributed by atoms with Crippen LogP contribution in [0.4, 0.5) is 0 Å². The Balaban J connectivity index is 2.06. The van der Waals surface area contributed by atoms with Crippen molar-refractivity contribution in [2.75, 3.05) is 6.54 Å². The first-order chi connectivity index (χ1) is 11.7. The monoisotopic (exact) mass is 384 g/mol. The molecule has 122 valence electrons. The van der Waals surface area contributed by atoms with Crippen molar-refractivity contribution in [2.45, 2.75) is 13.3 Å². The van der Waals surface area contributed by atoms with Gasteiger partial charge >= 0.3 is 0 Å². The van der Waals surface area contributed by atoms with Gasteiger partial charge in [-0.1, -0.05) is 53.2 Å². The van der Waals surface area contributed by atoms with Crippen molar-refractivity contribution in [1.82, 2.24) is 20.1 Å². The topological polar surface area (TPSA) is 59.8 Å². The first-order valence-electron chi connectivity index (χ1n) is 7.75. The van der Waals surface area contributed by atoms with Crippen molar-refractivity contribution in [3.05, 3.63) is 64.9 Å². The predicted octanol–water partition coefficient (Wildman–Crippen LogP) is 3.84. The van der Waals surface area contributed by atoms with Gasteiger partial charge in [-0.3, -0.25) is 4.79 Å². The van der Waals surface area contributed by atoms with Crippen LogP contribution in [-0.4, -0.2) is 27.2 Å². The molecule has 3 rings (SSSR count). The van der Waals surface area contributed by atoms with E-state index in [0.717, 1.165) is 22.1 Å². The van der Waals surface area contributed by atoms with Gasteiger partial charge in [0.15, 0.2) is 5.82 Å². The van der Waals surface area contributed by atoms with Crippen molar-refractivity contribution in [3.63, 3.8) is 0 Å². The zero-order valence-electron chi connectivity index (χ0n) is 13.2. The molecular weight excluding hydrogens is 368 g/mol. The summed E-state index contributed by atoms with van der Waals surface area (Å²) in [5.74, 6) is 0.551. The predicted molar refractivity (Wildman–Crippen MR) is 97.1 cm³/mol. The number of carbonyl (C=O) groups is 1. The van der Waals surface area contributed by atoms with Crippen LogP contribution in [0.3, 0.4) is 0 Å². The number of amides is 1. The van der Waals surface area contributed by atoms with Gasteiger partial charge in [0.25, 0.3) is 5.91 Å². The number of halogens is 1. The lowest BCUT2D eigenvalue weighted by Gasteiger charge is -2.05. The van der Waals surface area contributed by atoms with Gasteiger partial charge in [0.1, 0.15) is 0 Å². The van der Waals surface area contributed by atoms with E-state index in [1.165, 1.54) is 0 Å². The third kappa shape index (κ3) is 3.54. The van der Waals surface area contributed by atoms with E-state index in [0.29, 0.717) is 12.4 Å². The third-order valence-electron chi connectivity index (χ3n) is 3.45. The third-order valence-corrected chi connectivity index (χ3v) is 3.98. The maximum Gasteiger partial charge on any atom is 0.290 e. The molecule has 0 fully saturated rings. The van der Waals surface area contributed by atoms with Crippen LogP contribution in [0, 0.1) is 0 Å². The summed E-state index contributed by atoms with van der Waals surface area (Å²) in [4.78, 5) is 16.7. The average Bonchev–Trinajstić information content (AvgIpc) is 3.06. The van der Waals surface area contributed by atoms with Gasteiger partial charge in [-0.15, -0.1) is 5.10 Å². The van der Waals surface area contributed by atoms with Crippen LogP contribution < -0.4 is 5.32 Å². The minimum atomic E-state index is -0.259. The highest BCUT2D eigenvalue weighted by atomic mass is 79.9. The maximum atomic E-state index is 12.2. The fourth-order valence-corrected chi connectivity index (χ4v) is 2.53. The van der Waals surface area contributed by atoms with Crippen LogP contribution in [0.2, 0.25) is 0 Å². The lowest BCUT2D eigenvalue weighted by atomic mass is 10.2. The molecular formula is C18H17BrN4O. The normalized spacial score (nSPS) is 10.6. The Kier molecular flexibility index (Phi) is 5.05. The number of nitrogens with zero attached hydrogens (tertiary/aromatic N) is 3. The Morgan fingerprint density at radius 2 is 1.83 bits per heavy atom. The Labute approximate surface area is 148 Å². The SMILES string of the molecule is CCCNC(=O)c1nc(-c2ccccc2)n(-c2ccc(Br)cc2)n1. The molecule has 1 heterocycles. The summed E-state index contributed by atoms with van der Waals surface area (Å²) in [6.07, 6.45) is 0.866. The molecule has 1 aromatic heterocycles. The zero-order chi connectivity index (χ0) is 16.9. The number of aromatic nitrogens is 3. The highest BCUT2D eigenvalue weighted by molar-refractivity contribution is 9.10. The summed E-state index contributed by atoms with van der Waals surface area (Å²) in [5.41, 5.74) is 1.75. The molecule has 0 bridgehead atoms. The number of carbonyl (C=O) groups excluding carboxylic acids is 1. The Hall–Kier alpha value is -2.47. The highest BCUT2D eigenvalue weighted by Gasteiger charge is 2.18. The molecule has 2 aromatic carbocycles. The standard InChI is InChI=1S/C18H17BrN4O/c1-2-12-20-18(24)16-21-17(13-6-4-3-5-7-13)23(22-16)15-10-8-14(19)9-11-15/h3-11H,2,12H2,1H3,(H,20,24). The first-order valence-corrected chi connectivity index (χ1v) is 8.55. The fraction of sp³-hybridized carbons (Fsp3) is 0.167. The quantitative estimate of drug-likeness (QED) is 0.726. The molecule has 1 amide bonds. The largest absolute Gasteiger partial charge is 0.349 e. The van der Waals surface area contributed by atoms with Gasteiger partial charge in [-0.2, -0.15) is 0 Å². The van der Waals surface area contributed by atoms with E-state index in [4.69, 9.17) is 0 Å². The molecule has 0 saturated heterocycles. The minimum absolute atomic E-state index is 0.172. The smallest absolute Gasteiger partial charge is 0.290 e. The molecule has 5 nitrogen and oxygen atoms in total. The van der Waals surface area contributed by atoms with Gasteiger partial charge in [0.05, 0.1) is 5.69 Å². The van der Waals surface area contributed by atoms with E-state index in [9.17, 15) is 4.79 Å². The van der Waals surface area contributed by atoms with Gasteiger partial charge in [-0.25, -0.2) is 9.67 Å². The summed E-state index contributed by atoms with van der Waals surface area (Å²) in [5, 5.41) is 7.23. The van der Waals surface area contributed by atoms with E-state index in [2.05, 4.69) is 31.3 Å². The van der Waals surface area contributed by atoms with Crippen LogP contribution in [0.25, 0.3) is 17.1 Å². The number of nitrogens with one attached hydrogen (secondary N) is 1. The van der Waals surface area contributed by atoms with Crippen molar-refractivity contribution in [3.8, 4) is 17.1 Å². The second-order valence-corrected chi connectivity index (χ2v) is 6.18. The van der Waals surface area contributed by atoms with E-state index in [1.807, 2.05) is 61.5 Å². The van der Waals surface area contributed by atoms with Crippen molar-refractivity contribution in [1.29, 1.82) is 0 Å². The molecule has 0 spiro atoms. The van der Waals surface area contributed by atoms with E-state index >= 15 is 0 Å². The van der Waals surface area contributed by atoms with E-state index < -0.39 is 0 Å². The first kappa shape index (κ1) is 16.4. The molecule has 0 unspecified atom stereocenters. The Morgan fingerprint density at radius 3 is 2.50 bits per heavy atom. The molecule has 3 aromatic rings. The van der Waals surface area contributed by atoms with Crippen LogP contribution in [-0.2, 0) is 0 Å². The van der Waals surface area contributed by atoms with Crippen molar-refractivity contribution in [2.24, 2.45) is 0 Å². The summed E-state index contributed by atoms with van der Waals surface area (Å²) < 4.78 is 2.68. The van der Waals surface area contributed by atoms with Gasteiger partial charge < -0.3 is 5.32 Å². The molecule has 0 aliphatic rings. The van der Waals surface area contributed by atoms with Crippen LogP contribution in [0.15, 0.2) is 59.1 Å².